The lowest BCUT2D eigenvalue weighted by atomic mass is 10.0. The third kappa shape index (κ3) is 3.93. The average Bonchev–Trinajstić information content (AvgIpc) is 2.96. The number of nitrogens with zero attached hydrogens (tertiary/aromatic N) is 3. The molecule has 0 aliphatic carbocycles. The monoisotopic (exact) mass is 273 g/mol. The molecule has 20 heavy (non-hydrogen) atoms. The number of aromatic nitrogens is 2. The van der Waals surface area contributed by atoms with Gasteiger partial charge in [-0.2, -0.15) is 5.10 Å². The number of carboxylic acid groups (broad SMARTS) is 1. The van der Waals surface area contributed by atoms with Gasteiger partial charge in [0.1, 0.15) is 0 Å². The van der Waals surface area contributed by atoms with Gasteiger partial charge in [-0.25, -0.2) is 4.79 Å². The molecule has 2 aromatic rings. The van der Waals surface area contributed by atoms with Crippen LogP contribution in [0.15, 0.2) is 42.7 Å². The quantitative estimate of drug-likeness (QED) is 0.835. The minimum absolute atomic E-state index is 0.396. The Kier molecular flexibility index (Phi) is 4.90. The summed E-state index contributed by atoms with van der Waals surface area (Å²) in [5, 5.41) is 13.3. The van der Waals surface area contributed by atoms with Crippen LogP contribution in [0.4, 0.5) is 0 Å². The first kappa shape index (κ1) is 14.3. The highest BCUT2D eigenvalue weighted by atomic mass is 16.4. The molecular formula is C15H19N3O2. The summed E-state index contributed by atoms with van der Waals surface area (Å²) in [6.07, 6.45) is 4.44. The summed E-state index contributed by atoms with van der Waals surface area (Å²) in [4.78, 5) is 13.3. The summed E-state index contributed by atoms with van der Waals surface area (Å²) in [5.41, 5.74) is 1.28. The Balaban J connectivity index is 1.84. The van der Waals surface area contributed by atoms with Gasteiger partial charge in [0.25, 0.3) is 0 Å². The molecule has 0 aliphatic rings. The fourth-order valence-corrected chi connectivity index (χ4v) is 2.08. The van der Waals surface area contributed by atoms with E-state index in [1.54, 1.807) is 18.3 Å². The summed E-state index contributed by atoms with van der Waals surface area (Å²) >= 11 is 0. The maximum Gasteiger partial charge on any atom is 0.335 e. The summed E-state index contributed by atoms with van der Waals surface area (Å²) in [5.74, 6) is -0.861. The molecule has 1 heterocycles. The molecule has 5 nitrogen and oxygen atoms in total. The second-order valence-corrected chi connectivity index (χ2v) is 4.78. The highest BCUT2D eigenvalue weighted by molar-refractivity contribution is 5.89. The molecule has 1 N–H and O–H groups in total. The van der Waals surface area contributed by atoms with Gasteiger partial charge in [0.2, 0.25) is 0 Å². The summed E-state index contributed by atoms with van der Waals surface area (Å²) in [7, 11) is 2.03. The van der Waals surface area contributed by atoms with Crippen molar-refractivity contribution in [3.8, 4) is 0 Å². The zero-order valence-corrected chi connectivity index (χ0v) is 11.6. The van der Waals surface area contributed by atoms with E-state index in [2.05, 4.69) is 10.00 Å². The molecule has 0 atom stereocenters. The molecular weight excluding hydrogens is 254 g/mol. The summed E-state index contributed by atoms with van der Waals surface area (Å²) < 4.78 is 1.89. The van der Waals surface area contributed by atoms with Crippen molar-refractivity contribution in [2.45, 2.75) is 13.0 Å². The van der Waals surface area contributed by atoms with Crippen molar-refractivity contribution in [2.75, 3.05) is 20.1 Å². The first-order valence-corrected chi connectivity index (χ1v) is 6.64. The van der Waals surface area contributed by atoms with Crippen molar-refractivity contribution < 1.29 is 9.90 Å². The first-order valence-electron chi connectivity index (χ1n) is 6.64. The van der Waals surface area contributed by atoms with E-state index in [-0.39, 0.29) is 0 Å². The van der Waals surface area contributed by atoms with Crippen LogP contribution in [0.3, 0.4) is 0 Å². The van der Waals surface area contributed by atoms with Gasteiger partial charge in [-0.05, 0) is 31.2 Å². The van der Waals surface area contributed by atoms with Crippen LogP contribution in [0.2, 0.25) is 0 Å². The average molecular weight is 273 g/mol. The zero-order chi connectivity index (χ0) is 14.4. The van der Waals surface area contributed by atoms with E-state index in [0.29, 0.717) is 5.56 Å². The Hall–Kier alpha value is -2.14. The van der Waals surface area contributed by atoms with Gasteiger partial charge >= 0.3 is 5.97 Å². The Morgan fingerprint density at radius 3 is 2.80 bits per heavy atom. The first-order chi connectivity index (χ1) is 9.66. The molecule has 0 saturated heterocycles. The molecule has 1 aromatic heterocycles. The molecule has 0 saturated carbocycles. The van der Waals surface area contributed by atoms with Gasteiger partial charge in [-0.1, -0.05) is 18.2 Å². The third-order valence-corrected chi connectivity index (χ3v) is 3.28. The Labute approximate surface area is 118 Å². The van der Waals surface area contributed by atoms with Crippen molar-refractivity contribution >= 4 is 5.97 Å². The molecule has 0 fully saturated rings. The number of aromatic carboxylic acids is 1. The van der Waals surface area contributed by atoms with Crippen LogP contribution in [0, 0.1) is 0 Å². The molecule has 0 bridgehead atoms. The standard InChI is InChI=1S/C15H19N3O2/c1-17(11-12-18-9-4-8-16-18)10-7-13-5-2-3-6-14(13)15(19)20/h2-6,8-9H,7,10-12H2,1H3,(H,19,20). The number of carbonyl (C=O) groups is 1. The van der Waals surface area contributed by atoms with Crippen molar-refractivity contribution in [1.82, 2.24) is 14.7 Å². The third-order valence-electron chi connectivity index (χ3n) is 3.28. The molecule has 0 aliphatic heterocycles. The van der Waals surface area contributed by atoms with Crippen molar-refractivity contribution in [2.24, 2.45) is 0 Å². The lowest BCUT2D eigenvalue weighted by Crippen LogP contribution is -2.26. The number of carboxylic acids is 1. The van der Waals surface area contributed by atoms with Crippen LogP contribution in [0.25, 0.3) is 0 Å². The van der Waals surface area contributed by atoms with Crippen LogP contribution < -0.4 is 0 Å². The summed E-state index contributed by atoms with van der Waals surface area (Å²) in [6, 6.07) is 9.08. The van der Waals surface area contributed by atoms with Crippen LogP contribution in [0.5, 0.6) is 0 Å². The fourth-order valence-electron chi connectivity index (χ4n) is 2.08. The van der Waals surface area contributed by atoms with Crippen LogP contribution in [-0.4, -0.2) is 45.9 Å². The van der Waals surface area contributed by atoms with Gasteiger partial charge < -0.3 is 10.0 Å². The summed E-state index contributed by atoms with van der Waals surface area (Å²) in [6.45, 7) is 2.55. The molecule has 0 unspecified atom stereocenters. The number of benzene rings is 1. The fraction of sp³-hybridized carbons (Fsp3) is 0.333. The van der Waals surface area contributed by atoms with Gasteiger partial charge in [0, 0.05) is 25.5 Å². The normalized spacial score (nSPS) is 10.9. The SMILES string of the molecule is CN(CCc1ccccc1C(=O)O)CCn1cccn1. The van der Waals surface area contributed by atoms with Crippen molar-refractivity contribution in [3.63, 3.8) is 0 Å². The topological polar surface area (TPSA) is 58.4 Å². The van der Waals surface area contributed by atoms with E-state index in [0.717, 1.165) is 31.6 Å². The van der Waals surface area contributed by atoms with Crippen LogP contribution in [-0.2, 0) is 13.0 Å². The lowest BCUT2D eigenvalue weighted by Gasteiger charge is -2.17. The maximum atomic E-state index is 11.1. The molecule has 5 heteroatoms. The largest absolute Gasteiger partial charge is 0.478 e. The molecule has 0 amide bonds. The van der Waals surface area contributed by atoms with E-state index >= 15 is 0 Å². The van der Waals surface area contributed by atoms with Gasteiger partial charge in [-0.15, -0.1) is 0 Å². The second-order valence-electron chi connectivity index (χ2n) is 4.78. The van der Waals surface area contributed by atoms with E-state index in [1.807, 2.05) is 36.1 Å². The highest BCUT2D eigenvalue weighted by Crippen LogP contribution is 2.10. The highest BCUT2D eigenvalue weighted by Gasteiger charge is 2.09. The molecule has 106 valence electrons. The molecule has 2 rings (SSSR count). The van der Waals surface area contributed by atoms with Crippen molar-refractivity contribution in [1.29, 1.82) is 0 Å². The second kappa shape index (κ2) is 6.86. The van der Waals surface area contributed by atoms with Gasteiger partial charge in [-0.3, -0.25) is 4.68 Å². The Bertz CT molecular complexity index is 552. The Morgan fingerprint density at radius 1 is 1.30 bits per heavy atom. The van der Waals surface area contributed by atoms with E-state index in [9.17, 15) is 4.79 Å². The number of rotatable bonds is 7. The number of likely N-dealkylation sites (N-methyl/N-ethyl adjacent to an activating group) is 1. The van der Waals surface area contributed by atoms with Gasteiger partial charge in [0.05, 0.1) is 12.1 Å². The van der Waals surface area contributed by atoms with Crippen LogP contribution in [0.1, 0.15) is 15.9 Å². The lowest BCUT2D eigenvalue weighted by molar-refractivity contribution is 0.0695. The zero-order valence-electron chi connectivity index (χ0n) is 11.6. The minimum Gasteiger partial charge on any atom is -0.478 e. The van der Waals surface area contributed by atoms with Gasteiger partial charge in [0.15, 0.2) is 0 Å². The van der Waals surface area contributed by atoms with Crippen LogP contribution >= 0.6 is 0 Å². The molecule has 1 aromatic carbocycles. The van der Waals surface area contributed by atoms with E-state index in [1.165, 1.54) is 0 Å². The predicted molar refractivity (Wildman–Crippen MR) is 76.8 cm³/mol. The maximum absolute atomic E-state index is 11.1. The number of hydrogen-bond acceptors (Lipinski definition) is 3. The Morgan fingerprint density at radius 2 is 2.10 bits per heavy atom. The van der Waals surface area contributed by atoms with E-state index in [4.69, 9.17) is 5.11 Å². The predicted octanol–water partition coefficient (Wildman–Crippen LogP) is 1.76. The number of hydrogen-bond donors (Lipinski definition) is 1. The molecule has 0 radical (unpaired) electrons. The molecule has 0 spiro atoms. The van der Waals surface area contributed by atoms with E-state index < -0.39 is 5.97 Å². The smallest absolute Gasteiger partial charge is 0.335 e. The van der Waals surface area contributed by atoms with Crippen molar-refractivity contribution in [3.05, 3.63) is 53.9 Å². The minimum atomic E-state index is -0.861.